The predicted molar refractivity (Wildman–Crippen MR) is 136 cm³/mol. The molecule has 2 aromatic carbocycles. The molecule has 192 valence electrons. The van der Waals surface area contributed by atoms with E-state index in [2.05, 4.69) is 27.2 Å². The lowest BCUT2D eigenvalue weighted by Crippen LogP contribution is -2.45. The number of benzene rings is 2. The van der Waals surface area contributed by atoms with Gasteiger partial charge in [-0.15, -0.1) is 10.1 Å². The number of piperidine rings is 1. The van der Waals surface area contributed by atoms with Gasteiger partial charge in [-0.2, -0.15) is 5.10 Å². The van der Waals surface area contributed by atoms with Crippen LogP contribution in [0.2, 0.25) is 5.02 Å². The van der Waals surface area contributed by atoms with E-state index in [0.717, 1.165) is 37.9 Å². The molecule has 37 heavy (non-hydrogen) atoms. The number of rotatable bonds is 7. The highest BCUT2D eigenvalue weighted by atomic mass is 35.5. The second-order valence-electron chi connectivity index (χ2n) is 8.50. The molecule has 0 radical (unpaired) electrons. The lowest BCUT2D eigenvalue weighted by Gasteiger charge is -2.26. The van der Waals surface area contributed by atoms with Crippen molar-refractivity contribution < 1.29 is 19.1 Å². The monoisotopic (exact) mass is 525 g/mol. The molecule has 3 aromatic rings. The van der Waals surface area contributed by atoms with Crippen molar-refractivity contribution in [2.45, 2.75) is 32.6 Å². The third-order valence-corrected chi connectivity index (χ3v) is 6.21. The van der Waals surface area contributed by atoms with Crippen molar-refractivity contribution in [3.8, 4) is 28.8 Å². The molecule has 4 rings (SSSR count). The Balaban J connectivity index is 1.67. The maximum atomic E-state index is 13.8. The standard InChI is InChI=1S/C26H25ClFN5O4/c1-18-24(26(34)30-31-14-4-2-5-15-31)29-32(23-13-12-21(28)17-22(23)27)25(18)20-10-8-19(9-11-20)7-3-6-16-37-33(35)36/h8-13,17H,2,4-6,14-16H2,1H3,(H,30,34). The van der Waals surface area contributed by atoms with Gasteiger partial charge >= 0.3 is 0 Å². The topological polar surface area (TPSA) is 103 Å². The van der Waals surface area contributed by atoms with E-state index in [1.54, 1.807) is 16.8 Å². The van der Waals surface area contributed by atoms with Crippen LogP contribution < -0.4 is 5.43 Å². The van der Waals surface area contributed by atoms with E-state index >= 15 is 0 Å². The number of hydrogen-bond donors (Lipinski definition) is 1. The van der Waals surface area contributed by atoms with Crippen LogP contribution in [-0.2, 0) is 4.84 Å². The van der Waals surface area contributed by atoms with Gasteiger partial charge in [0.05, 0.1) is 16.4 Å². The van der Waals surface area contributed by atoms with Crippen molar-refractivity contribution in [2.75, 3.05) is 19.7 Å². The molecule has 1 aliphatic rings. The number of hydrogen-bond acceptors (Lipinski definition) is 6. The molecule has 1 N–H and O–H groups in total. The average Bonchev–Trinajstić information content (AvgIpc) is 3.21. The Hall–Kier alpha value is -3.94. The second kappa shape index (κ2) is 11.9. The first-order valence-electron chi connectivity index (χ1n) is 11.8. The number of nitrogens with zero attached hydrogens (tertiary/aromatic N) is 4. The van der Waals surface area contributed by atoms with Crippen molar-refractivity contribution in [3.63, 3.8) is 0 Å². The number of amides is 1. The van der Waals surface area contributed by atoms with E-state index in [9.17, 15) is 19.3 Å². The normalized spacial score (nSPS) is 13.5. The van der Waals surface area contributed by atoms with Gasteiger partial charge in [-0.1, -0.05) is 42.0 Å². The zero-order valence-electron chi connectivity index (χ0n) is 20.2. The minimum atomic E-state index is -0.851. The lowest BCUT2D eigenvalue weighted by atomic mass is 10.0. The van der Waals surface area contributed by atoms with Gasteiger partial charge in [0, 0.05) is 36.2 Å². The first-order chi connectivity index (χ1) is 17.8. The van der Waals surface area contributed by atoms with Crippen molar-refractivity contribution in [1.82, 2.24) is 20.2 Å². The number of aromatic nitrogens is 2. The van der Waals surface area contributed by atoms with Crippen LogP contribution in [0, 0.1) is 34.7 Å². The summed E-state index contributed by atoms with van der Waals surface area (Å²) in [7, 11) is 0. The molecular formula is C26H25ClFN5O4. The highest BCUT2D eigenvalue weighted by molar-refractivity contribution is 6.32. The number of halogens is 2. The van der Waals surface area contributed by atoms with Gasteiger partial charge in [-0.05, 0) is 50.1 Å². The van der Waals surface area contributed by atoms with Gasteiger partial charge in [0.25, 0.3) is 11.0 Å². The first-order valence-corrected chi connectivity index (χ1v) is 12.2. The van der Waals surface area contributed by atoms with Crippen LogP contribution in [0.1, 0.15) is 47.3 Å². The Morgan fingerprint density at radius 1 is 1.22 bits per heavy atom. The molecule has 1 amide bonds. The smallest absolute Gasteiger partial charge is 0.294 e. The zero-order valence-corrected chi connectivity index (χ0v) is 20.9. The molecule has 0 aliphatic carbocycles. The molecular weight excluding hydrogens is 501 g/mol. The Bertz CT molecular complexity index is 1360. The van der Waals surface area contributed by atoms with Crippen molar-refractivity contribution in [2.24, 2.45) is 0 Å². The Labute approximate surface area is 218 Å². The fraction of sp³-hybridized carbons (Fsp3) is 0.308. The summed E-state index contributed by atoms with van der Waals surface area (Å²) in [6.07, 6.45) is 3.39. The van der Waals surface area contributed by atoms with Crippen LogP contribution in [0.3, 0.4) is 0 Å². The molecule has 1 saturated heterocycles. The second-order valence-corrected chi connectivity index (χ2v) is 8.91. The molecule has 9 nitrogen and oxygen atoms in total. The predicted octanol–water partition coefficient (Wildman–Crippen LogP) is 4.72. The van der Waals surface area contributed by atoms with E-state index in [-0.39, 0.29) is 29.7 Å². The summed E-state index contributed by atoms with van der Waals surface area (Å²) in [6.45, 7) is 3.27. The summed E-state index contributed by atoms with van der Waals surface area (Å²) < 4.78 is 15.3. The summed E-state index contributed by atoms with van der Waals surface area (Å²) in [6, 6.07) is 11.3. The largest absolute Gasteiger partial charge is 0.313 e. The van der Waals surface area contributed by atoms with Crippen molar-refractivity contribution in [3.05, 3.63) is 80.2 Å². The van der Waals surface area contributed by atoms with Gasteiger partial charge in [0.2, 0.25) is 0 Å². The maximum Gasteiger partial charge on any atom is 0.294 e. The molecule has 0 spiro atoms. The number of carbonyl (C=O) groups is 1. The summed E-state index contributed by atoms with van der Waals surface area (Å²) in [4.78, 5) is 27.6. The first kappa shape index (κ1) is 26.1. The van der Waals surface area contributed by atoms with E-state index in [1.807, 2.05) is 24.1 Å². The molecule has 0 saturated carbocycles. The van der Waals surface area contributed by atoms with Crippen LogP contribution in [0.4, 0.5) is 4.39 Å². The maximum absolute atomic E-state index is 13.8. The third kappa shape index (κ3) is 6.44. The van der Waals surface area contributed by atoms with E-state index in [1.165, 1.54) is 18.2 Å². The Morgan fingerprint density at radius 2 is 1.95 bits per heavy atom. The van der Waals surface area contributed by atoms with Gasteiger partial charge in [0.15, 0.2) is 5.69 Å². The van der Waals surface area contributed by atoms with Crippen LogP contribution in [-0.4, -0.2) is 45.5 Å². The van der Waals surface area contributed by atoms with Gasteiger partial charge in [-0.3, -0.25) is 10.2 Å². The third-order valence-electron chi connectivity index (χ3n) is 5.91. The minimum absolute atomic E-state index is 0.100. The van der Waals surface area contributed by atoms with Gasteiger partial charge in [0.1, 0.15) is 12.4 Å². The summed E-state index contributed by atoms with van der Waals surface area (Å²) in [5.74, 6) is 4.96. The molecule has 0 bridgehead atoms. The summed E-state index contributed by atoms with van der Waals surface area (Å²) in [5.41, 5.74) is 6.37. The molecule has 1 aliphatic heterocycles. The van der Waals surface area contributed by atoms with Crippen molar-refractivity contribution >= 4 is 17.5 Å². The molecule has 1 fully saturated rings. The molecule has 0 unspecified atom stereocenters. The number of nitrogens with one attached hydrogen (secondary N) is 1. The van der Waals surface area contributed by atoms with E-state index < -0.39 is 10.9 Å². The van der Waals surface area contributed by atoms with Crippen LogP contribution in [0.25, 0.3) is 16.9 Å². The summed E-state index contributed by atoms with van der Waals surface area (Å²) in [5, 5.41) is 16.0. The minimum Gasteiger partial charge on any atom is -0.313 e. The highest BCUT2D eigenvalue weighted by Gasteiger charge is 2.25. The van der Waals surface area contributed by atoms with Gasteiger partial charge < -0.3 is 4.84 Å². The quantitative estimate of drug-likeness (QED) is 0.207. The van der Waals surface area contributed by atoms with E-state index in [0.29, 0.717) is 22.5 Å². The van der Waals surface area contributed by atoms with Crippen LogP contribution in [0.5, 0.6) is 0 Å². The fourth-order valence-corrected chi connectivity index (χ4v) is 4.37. The molecule has 11 heteroatoms. The summed E-state index contributed by atoms with van der Waals surface area (Å²) >= 11 is 6.37. The van der Waals surface area contributed by atoms with E-state index in [4.69, 9.17) is 11.6 Å². The number of carbonyl (C=O) groups excluding carboxylic acids is 1. The van der Waals surface area contributed by atoms with Crippen LogP contribution in [0.15, 0.2) is 42.5 Å². The van der Waals surface area contributed by atoms with Gasteiger partial charge in [-0.25, -0.2) is 14.1 Å². The van der Waals surface area contributed by atoms with Crippen molar-refractivity contribution in [1.29, 1.82) is 0 Å². The van der Waals surface area contributed by atoms with Crippen LogP contribution >= 0.6 is 11.6 Å². The highest BCUT2D eigenvalue weighted by Crippen LogP contribution is 2.32. The Kier molecular flexibility index (Phi) is 8.38. The number of hydrazine groups is 1. The fourth-order valence-electron chi connectivity index (χ4n) is 4.13. The molecule has 1 aromatic heterocycles. The molecule has 2 heterocycles. The molecule has 0 atom stereocenters. The lowest BCUT2D eigenvalue weighted by molar-refractivity contribution is -0.757. The SMILES string of the molecule is Cc1c(C(=O)NN2CCCCC2)nn(-c2ccc(F)cc2Cl)c1-c1ccc(C#CCCO[N+](=O)[O-])cc1. The zero-order chi connectivity index (χ0) is 26.4. The average molecular weight is 526 g/mol. The Morgan fingerprint density at radius 3 is 2.62 bits per heavy atom.